The van der Waals surface area contributed by atoms with Crippen molar-refractivity contribution in [2.75, 3.05) is 12.4 Å². The third-order valence-electron chi connectivity index (χ3n) is 2.81. The lowest BCUT2D eigenvalue weighted by atomic mass is 10.0. The first-order chi connectivity index (χ1) is 10.1. The van der Waals surface area contributed by atoms with Gasteiger partial charge in [-0.05, 0) is 11.1 Å². The molecule has 2 rings (SSSR count). The predicted molar refractivity (Wildman–Crippen MR) is 78.7 cm³/mol. The minimum Gasteiger partial charge on any atom is -0.481 e. The normalized spacial score (nSPS) is 10.2. The van der Waals surface area contributed by atoms with Crippen LogP contribution < -0.4 is 10.1 Å². The molecule has 0 aliphatic heterocycles. The van der Waals surface area contributed by atoms with Crippen LogP contribution >= 0.6 is 11.6 Å². The van der Waals surface area contributed by atoms with Gasteiger partial charge in [-0.25, -0.2) is 4.98 Å². The maximum absolute atomic E-state index is 10.9. The molecule has 0 atom stereocenters. The first-order valence-electron chi connectivity index (χ1n) is 6.19. The summed E-state index contributed by atoms with van der Waals surface area (Å²) >= 11 is 6.01. The molecule has 2 aromatic rings. The number of benzene rings is 1. The summed E-state index contributed by atoms with van der Waals surface area (Å²) in [5, 5.41) is 12.3. The average Bonchev–Trinajstić information content (AvgIpc) is 2.47. The molecule has 1 aromatic heterocycles. The molecule has 0 spiro atoms. The number of hydrogen-bond acceptors (Lipinski definition) is 5. The molecule has 2 N–H and O–H groups in total. The summed E-state index contributed by atoms with van der Waals surface area (Å²) < 4.78 is 4.94. The highest BCUT2D eigenvalue weighted by Crippen LogP contribution is 2.21. The molecule has 0 aliphatic rings. The van der Waals surface area contributed by atoms with Crippen LogP contribution in [0.4, 0.5) is 5.82 Å². The third kappa shape index (κ3) is 4.06. The summed E-state index contributed by atoms with van der Waals surface area (Å²) in [6.07, 6.45) is 1.41. The fourth-order valence-corrected chi connectivity index (χ4v) is 1.98. The van der Waals surface area contributed by atoms with Gasteiger partial charge in [0, 0.05) is 6.54 Å². The van der Waals surface area contributed by atoms with Crippen molar-refractivity contribution in [2.24, 2.45) is 0 Å². The van der Waals surface area contributed by atoms with Crippen molar-refractivity contribution in [3.63, 3.8) is 0 Å². The number of halogens is 1. The summed E-state index contributed by atoms with van der Waals surface area (Å²) in [5.74, 6) is -0.433. The highest BCUT2D eigenvalue weighted by Gasteiger charge is 2.09. The molecule has 21 heavy (non-hydrogen) atoms. The predicted octanol–water partition coefficient (Wildman–Crippen LogP) is 2.38. The molecule has 0 unspecified atom stereocenters. The Labute approximate surface area is 126 Å². The van der Waals surface area contributed by atoms with Crippen molar-refractivity contribution in [3.8, 4) is 6.01 Å². The van der Waals surface area contributed by atoms with E-state index in [0.29, 0.717) is 17.4 Å². The van der Waals surface area contributed by atoms with E-state index in [4.69, 9.17) is 21.4 Å². The molecule has 7 heteroatoms. The Kier molecular flexibility index (Phi) is 4.94. The first-order valence-corrected chi connectivity index (χ1v) is 6.57. The molecule has 6 nitrogen and oxygen atoms in total. The quantitative estimate of drug-likeness (QED) is 0.852. The Balaban J connectivity index is 2.15. The van der Waals surface area contributed by atoms with Crippen LogP contribution in [0.15, 0.2) is 30.5 Å². The summed E-state index contributed by atoms with van der Waals surface area (Å²) in [6.45, 7) is 0.406. The molecule has 1 aromatic carbocycles. The van der Waals surface area contributed by atoms with Crippen molar-refractivity contribution in [3.05, 3.63) is 46.6 Å². The van der Waals surface area contributed by atoms with Gasteiger partial charge >= 0.3 is 12.0 Å². The van der Waals surface area contributed by atoms with E-state index < -0.39 is 5.97 Å². The second kappa shape index (κ2) is 6.90. The third-order valence-corrected chi connectivity index (χ3v) is 3.09. The van der Waals surface area contributed by atoms with Crippen LogP contribution in [-0.4, -0.2) is 28.2 Å². The number of anilines is 1. The van der Waals surface area contributed by atoms with E-state index >= 15 is 0 Å². The van der Waals surface area contributed by atoms with E-state index in [-0.39, 0.29) is 12.4 Å². The molecule has 0 radical (unpaired) electrons. The zero-order valence-electron chi connectivity index (χ0n) is 11.3. The maximum Gasteiger partial charge on any atom is 0.318 e. The van der Waals surface area contributed by atoms with Crippen LogP contribution in [-0.2, 0) is 17.8 Å². The van der Waals surface area contributed by atoms with Gasteiger partial charge in [0.25, 0.3) is 0 Å². The second-order valence-corrected chi connectivity index (χ2v) is 4.65. The van der Waals surface area contributed by atoms with Gasteiger partial charge in [0.05, 0.1) is 19.7 Å². The Morgan fingerprint density at radius 1 is 1.38 bits per heavy atom. The number of nitrogens with zero attached hydrogens (tertiary/aromatic N) is 2. The molecular weight excluding hydrogens is 294 g/mol. The molecule has 0 bridgehead atoms. The van der Waals surface area contributed by atoms with E-state index in [1.54, 1.807) is 6.07 Å². The highest BCUT2D eigenvalue weighted by atomic mass is 35.5. The van der Waals surface area contributed by atoms with Crippen molar-refractivity contribution in [1.29, 1.82) is 0 Å². The van der Waals surface area contributed by atoms with E-state index in [2.05, 4.69) is 15.3 Å². The fourth-order valence-electron chi connectivity index (χ4n) is 1.82. The Morgan fingerprint density at radius 2 is 2.10 bits per heavy atom. The number of nitrogens with one attached hydrogen (secondary N) is 1. The van der Waals surface area contributed by atoms with Crippen LogP contribution in [0.1, 0.15) is 11.1 Å². The molecule has 0 amide bonds. The van der Waals surface area contributed by atoms with E-state index in [1.807, 2.05) is 18.2 Å². The standard InChI is InChI=1S/C14H14ClN3O3/c1-21-14-17-8-11(15)13(18-14)16-7-10-5-3-2-4-9(10)6-12(19)20/h2-5,8H,6-7H2,1H3,(H,19,20)(H,16,17,18). The topological polar surface area (TPSA) is 84.3 Å². The average molecular weight is 308 g/mol. The fraction of sp³-hybridized carbons (Fsp3) is 0.214. The van der Waals surface area contributed by atoms with E-state index in [9.17, 15) is 4.79 Å². The number of carboxylic acids is 1. The van der Waals surface area contributed by atoms with Gasteiger partial charge in [-0.2, -0.15) is 4.98 Å². The first kappa shape index (κ1) is 15.1. The largest absolute Gasteiger partial charge is 0.481 e. The monoisotopic (exact) mass is 307 g/mol. The van der Waals surface area contributed by atoms with Crippen molar-refractivity contribution in [2.45, 2.75) is 13.0 Å². The molecule has 0 fully saturated rings. The number of methoxy groups -OCH3 is 1. The second-order valence-electron chi connectivity index (χ2n) is 4.25. The molecule has 0 aliphatic carbocycles. The number of ether oxygens (including phenoxy) is 1. The summed E-state index contributed by atoms with van der Waals surface area (Å²) in [4.78, 5) is 18.8. The number of carbonyl (C=O) groups is 1. The van der Waals surface area contributed by atoms with Gasteiger partial charge in [-0.15, -0.1) is 0 Å². The van der Waals surface area contributed by atoms with Gasteiger partial charge in [0.1, 0.15) is 5.02 Å². The van der Waals surface area contributed by atoms with Gasteiger partial charge in [0.2, 0.25) is 0 Å². The highest BCUT2D eigenvalue weighted by molar-refractivity contribution is 6.32. The van der Waals surface area contributed by atoms with E-state index in [0.717, 1.165) is 11.1 Å². The minimum absolute atomic E-state index is 0.0291. The van der Waals surface area contributed by atoms with E-state index in [1.165, 1.54) is 13.3 Å². The van der Waals surface area contributed by atoms with Crippen LogP contribution in [0.5, 0.6) is 6.01 Å². The van der Waals surface area contributed by atoms with Crippen LogP contribution in [0, 0.1) is 0 Å². The minimum atomic E-state index is -0.871. The molecule has 110 valence electrons. The molecule has 0 saturated carbocycles. The smallest absolute Gasteiger partial charge is 0.318 e. The number of aliphatic carboxylic acids is 1. The maximum atomic E-state index is 10.9. The zero-order chi connectivity index (χ0) is 15.2. The van der Waals surface area contributed by atoms with Gasteiger partial charge in [0.15, 0.2) is 5.82 Å². The Morgan fingerprint density at radius 3 is 2.76 bits per heavy atom. The molecule has 0 saturated heterocycles. The number of hydrogen-bond donors (Lipinski definition) is 2. The number of aromatic nitrogens is 2. The Hall–Kier alpha value is -2.34. The lowest BCUT2D eigenvalue weighted by molar-refractivity contribution is -0.136. The lowest BCUT2D eigenvalue weighted by Crippen LogP contribution is -2.08. The van der Waals surface area contributed by atoms with Gasteiger partial charge in [-0.1, -0.05) is 35.9 Å². The molecular formula is C14H14ClN3O3. The molecule has 1 heterocycles. The summed E-state index contributed by atoms with van der Waals surface area (Å²) in [6, 6.07) is 7.51. The Bertz CT molecular complexity index is 649. The summed E-state index contributed by atoms with van der Waals surface area (Å²) in [7, 11) is 1.47. The van der Waals surface area contributed by atoms with Crippen molar-refractivity contribution in [1.82, 2.24) is 9.97 Å². The number of rotatable bonds is 6. The number of carboxylic acid groups (broad SMARTS) is 1. The van der Waals surface area contributed by atoms with Crippen molar-refractivity contribution < 1.29 is 14.6 Å². The van der Waals surface area contributed by atoms with Crippen molar-refractivity contribution >= 4 is 23.4 Å². The van der Waals surface area contributed by atoms with Gasteiger partial charge < -0.3 is 15.2 Å². The zero-order valence-corrected chi connectivity index (χ0v) is 12.1. The lowest BCUT2D eigenvalue weighted by Gasteiger charge is -2.11. The van der Waals surface area contributed by atoms with Crippen LogP contribution in [0.3, 0.4) is 0 Å². The van der Waals surface area contributed by atoms with Crippen LogP contribution in [0.2, 0.25) is 5.02 Å². The summed E-state index contributed by atoms with van der Waals surface area (Å²) in [5.41, 5.74) is 1.61. The van der Waals surface area contributed by atoms with Crippen LogP contribution in [0.25, 0.3) is 0 Å². The van der Waals surface area contributed by atoms with Gasteiger partial charge in [-0.3, -0.25) is 4.79 Å². The SMILES string of the molecule is COc1ncc(Cl)c(NCc2ccccc2CC(=O)O)n1.